The van der Waals surface area contributed by atoms with Gasteiger partial charge >= 0.3 is 0 Å². The van der Waals surface area contributed by atoms with Gasteiger partial charge in [0.1, 0.15) is 0 Å². The molecule has 0 aromatic heterocycles. The van der Waals surface area contributed by atoms with E-state index in [1.54, 1.807) is 0 Å². The van der Waals surface area contributed by atoms with Crippen molar-refractivity contribution in [3.63, 3.8) is 0 Å². The van der Waals surface area contributed by atoms with E-state index >= 15 is 0 Å². The standard InChI is InChI=1S/C22H25NO2.ClH/c24-15-13-23(14-16-25)22(17-18-7-2-1-3-8-18)21-12-6-10-19-9-4-5-11-20(19)21;/h1-12,22,24-25H,13-17H2;1H. The molecule has 1 unspecified atom stereocenters. The fourth-order valence-electron chi connectivity index (χ4n) is 3.49. The summed E-state index contributed by atoms with van der Waals surface area (Å²) in [4.78, 5) is 2.18. The lowest BCUT2D eigenvalue weighted by Crippen LogP contribution is -2.35. The van der Waals surface area contributed by atoms with Crippen molar-refractivity contribution in [2.24, 2.45) is 0 Å². The van der Waals surface area contributed by atoms with Gasteiger partial charge in [-0.05, 0) is 28.3 Å². The summed E-state index contributed by atoms with van der Waals surface area (Å²) in [7, 11) is 0. The molecule has 0 amide bonds. The normalized spacial score (nSPS) is 12.1. The highest BCUT2D eigenvalue weighted by Crippen LogP contribution is 2.31. The van der Waals surface area contributed by atoms with Crippen molar-refractivity contribution < 1.29 is 10.2 Å². The second-order valence-electron chi connectivity index (χ2n) is 6.26. The molecule has 2 N–H and O–H groups in total. The first kappa shape index (κ1) is 20.4. The lowest BCUT2D eigenvalue weighted by Gasteiger charge is -2.32. The predicted molar refractivity (Wildman–Crippen MR) is 110 cm³/mol. The molecule has 0 radical (unpaired) electrons. The Morgan fingerprint density at radius 1 is 0.731 bits per heavy atom. The molecular weight excluding hydrogens is 346 g/mol. The quantitative estimate of drug-likeness (QED) is 0.632. The Morgan fingerprint density at radius 3 is 2.04 bits per heavy atom. The van der Waals surface area contributed by atoms with Gasteiger partial charge in [0, 0.05) is 19.1 Å². The van der Waals surface area contributed by atoms with Crippen molar-refractivity contribution >= 4 is 23.2 Å². The number of benzene rings is 3. The molecule has 0 heterocycles. The van der Waals surface area contributed by atoms with Gasteiger partial charge in [0.2, 0.25) is 0 Å². The van der Waals surface area contributed by atoms with E-state index in [9.17, 15) is 10.2 Å². The van der Waals surface area contributed by atoms with Gasteiger partial charge < -0.3 is 10.2 Å². The Morgan fingerprint density at radius 2 is 1.35 bits per heavy atom. The first-order valence-corrected chi connectivity index (χ1v) is 8.81. The van der Waals surface area contributed by atoms with Gasteiger partial charge in [-0.25, -0.2) is 0 Å². The first-order valence-electron chi connectivity index (χ1n) is 8.81. The molecule has 3 nitrogen and oxygen atoms in total. The van der Waals surface area contributed by atoms with Gasteiger partial charge in [0.25, 0.3) is 0 Å². The molecular formula is C22H26ClNO2. The molecule has 26 heavy (non-hydrogen) atoms. The first-order chi connectivity index (χ1) is 12.3. The van der Waals surface area contributed by atoms with E-state index in [0.29, 0.717) is 13.1 Å². The molecule has 0 fully saturated rings. The van der Waals surface area contributed by atoms with Gasteiger partial charge in [0.15, 0.2) is 0 Å². The molecule has 0 saturated carbocycles. The highest BCUT2D eigenvalue weighted by atomic mass is 35.5. The van der Waals surface area contributed by atoms with E-state index in [1.807, 2.05) is 6.07 Å². The van der Waals surface area contributed by atoms with Crippen LogP contribution in [0, 0.1) is 0 Å². The van der Waals surface area contributed by atoms with Crippen LogP contribution < -0.4 is 0 Å². The summed E-state index contributed by atoms with van der Waals surface area (Å²) < 4.78 is 0. The third kappa shape index (κ3) is 4.83. The molecule has 3 aromatic rings. The Bertz CT molecular complexity index is 783. The Balaban J connectivity index is 0.00000243. The SMILES string of the molecule is Cl.OCCN(CCO)C(Cc1ccccc1)c1cccc2ccccc12. The maximum atomic E-state index is 9.52. The van der Waals surface area contributed by atoms with E-state index in [2.05, 4.69) is 71.6 Å². The number of nitrogens with zero attached hydrogens (tertiary/aromatic N) is 1. The monoisotopic (exact) mass is 371 g/mol. The molecule has 0 aliphatic carbocycles. The van der Waals surface area contributed by atoms with Crippen molar-refractivity contribution in [3.05, 3.63) is 83.9 Å². The zero-order chi connectivity index (χ0) is 17.5. The second-order valence-corrected chi connectivity index (χ2v) is 6.26. The van der Waals surface area contributed by atoms with Crippen LogP contribution in [0.5, 0.6) is 0 Å². The number of fused-ring (bicyclic) bond motifs is 1. The molecule has 0 saturated heterocycles. The van der Waals surface area contributed by atoms with Crippen LogP contribution in [0.3, 0.4) is 0 Å². The summed E-state index contributed by atoms with van der Waals surface area (Å²) in [5.41, 5.74) is 2.49. The molecule has 3 rings (SSSR count). The fraction of sp³-hybridized carbons (Fsp3) is 0.273. The van der Waals surface area contributed by atoms with E-state index in [1.165, 1.54) is 21.9 Å². The van der Waals surface area contributed by atoms with Crippen LogP contribution in [-0.2, 0) is 6.42 Å². The van der Waals surface area contributed by atoms with E-state index in [0.717, 1.165) is 6.42 Å². The third-order valence-electron chi connectivity index (χ3n) is 4.67. The minimum atomic E-state index is 0. The summed E-state index contributed by atoms with van der Waals surface area (Å²) in [6.45, 7) is 1.24. The van der Waals surface area contributed by atoms with Gasteiger partial charge in [0.05, 0.1) is 13.2 Å². The highest BCUT2D eigenvalue weighted by molar-refractivity contribution is 5.86. The number of aliphatic hydroxyl groups excluding tert-OH is 2. The number of hydrogen-bond donors (Lipinski definition) is 2. The molecule has 0 spiro atoms. The Hall–Kier alpha value is -1.91. The van der Waals surface area contributed by atoms with Crippen molar-refractivity contribution in [3.8, 4) is 0 Å². The summed E-state index contributed by atoms with van der Waals surface area (Å²) >= 11 is 0. The molecule has 4 heteroatoms. The van der Waals surface area contributed by atoms with Gasteiger partial charge in [-0.3, -0.25) is 4.90 Å². The summed E-state index contributed by atoms with van der Waals surface area (Å²) in [6.07, 6.45) is 0.842. The van der Waals surface area contributed by atoms with Crippen LogP contribution in [0.4, 0.5) is 0 Å². The number of rotatable bonds is 8. The third-order valence-corrected chi connectivity index (χ3v) is 4.67. The van der Waals surface area contributed by atoms with Gasteiger partial charge in [-0.1, -0.05) is 72.8 Å². The average Bonchev–Trinajstić information content (AvgIpc) is 2.66. The maximum absolute atomic E-state index is 9.52. The van der Waals surface area contributed by atoms with Crippen LogP contribution in [0.1, 0.15) is 17.2 Å². The smallest absolute Gasteiger partial charge is 0.0558 e. The predicted octanol–water partition coefficient (Wildman–Crippen LogP) is 3.83. The maximum Gasteiger partial charge on any atom is 0.0558 e. The largest absolute Gasteiger partial charge is 0.395 e. The average molecular weight is 372 g/mol. The van der Waals surface area contributed by atoms with Gasteiger partial charge in [-0.2, -0.15) is 0 Å². The summed E-state index contributed by atoms with van der Waals surface area (Å²) in [5.74, 6) is 0. The Kier molecular flexibility index (Phi) is 8.07. The lowest BCUT2D eigenvalue weighted by atomic mass is 9.93. The second kappa shape index (κ2) is 10.3. The highest BCUT2D eigenvalue weighted by Gasteiger charge is 2.22. The van der Waals surface area contributed by atoms with E-state index in [4.69, 9.17) is 0 Å². The van der Waals surface area contributed by atoms with Crippen LogP contribution >= 0.6 is 12.4 Å². The lowest BCUT2D eigenvalue weighted by molar-refractivity contribution is 0.121. The van der Waals surface area contributed by atoms with Crippen molar-refractivity contribution in [1.29, 1.82) is 0 Å². The Labute approximate surface area is 161 Å². The van der Waals surface area contributed by atoms with E-state index < -0.39 is 0 Å². The van der Waals surface area contributed by atoms with Crippen molar-refractivity contribution in [2.45, 2.75) is 12.5 Å². The van der Waals surface area contributed by atoms with E-state index in [-0.39, 0.29) is 31.7 Å². The molecule has 0 aliphatic heterocycles. The summed E-state index contributed by atoms with van der Waals surface area (Å²) in [5, 5.41) is 21.5. The molecule has 0 bridgehead atoms. The zero-order valence-electron chi connectivity index (χ0n) is 14.8. The molecule has 3 aromatic carbocycles. The van der Waals surface area contributed by atoms with Gasteiger partial charge in [-0.15, -0.1) is 12.4 Å². The molecule has 138 valence electrons. The topological polar surface area (TPSA) is 43.7 Å². The fourth-order valence-corrected chi connectivity index (χ4v) is 3.49. The zero-order valence-corrected chi connectivity index (χ0v) is 15.6. The number of hydrogen-bond acceptors (Lipinski definition) is 3. The number of aliphatic hydroxyl groups is 2. The number of halogens is 1. The van der Waals surface area contributed by atoms with Crippen molar-refractivity contribution in [1.82, 2.24) is 4.90 Å². The van der Waals surface area contributed by atoms with Crippen LogP contribution in [0.25, 0.3) is 10.8 Å². The minimum absolute atomic E-state index is 0. The summed E-state index contributed by atoms with van der Waals surface area (Å²) in [6, 6.07) is 25.3. The van der Waals surface area contributed by atoms with Crippen LogP contribution in [0.15, 0.2) is 72.8 Å². The van der Waals surface area contributed by atoms with Crippen LogP contribution in [-0.4, -0.2) is 41.4 Å². The molecule has 1 atom stereocenters. The van der Waals surface area contributed by atoms with Crippen molar-refractivity contribution in [2.75, 3.05) is 26.3 Å². The molecule has 0 aliphatic rings. The van der Waals surface area contributed by atoms with Crippen LogP contribution in [0.2, 0.25) is 0 Å². The minimum Gasteiger partial charge on any atom is -0.395 e.